The summed E-state index contributed by atoms with van der Waals surface area (Å²) in [5.41, 5.74) is 0. The molecule has 0 bridgehead atoms. The maximum Gasteiger partial charge on any atom is 0.0564 e. The van der Waals surface area contributed by atoms with Crippen molar-refractivity contribution in [1.82, 2.24) is 4.90 Å². The van der Waals surface area contributed by atoms with Gasteiger partial charge in [0, 0.05) is 19.6 Å². The van der Waals surface area contributed by atoms with Crippen LogP contribution in [-0.4, -0.2) is 35.7 Å². The number of aliphatic hydroxyl groups excluding tert-OH is 1. The molecule has 0 atom stereocenters. The van der Waals surface area contributed by atoms with Gasteiger partial charge in [0.1, 0.15) is 0 Å². The highest BCUT2D eigenvalue weighted by Gasteiger charge is 2.14. The molecule has 74 valence electrons. The molecule has 0 aromatic rings. The fourth-order valence-electron chi connectivity index (χ4n) is 1.50. The molecule has 0 saturated carbocycles. The first-order valence-electron chi connectivity index (χ1n) is 5.01. The molecular formula is C11H19NO. The average Bonchev–Trinajstić information content (AvgIpc) is 2.15. The number of likely N-dealkylation sites (tertiary alicyclic amines) is 1. The van der Waals surface area contributed by atoms with Crippen LogP contribution in [0.2, 0.25) is 0 Å². The highest BCUT2D eigenvalue weighted by Crippen LogP contribution is 2.09. The molecule has 0 aliphatic carbocycles. The van der Waals surface area contributed by atoms with E-state index in [9.17, 15) is 5.11 Å². The van der Waals surface area contributed by atoms with Crippen LogP contribution in [0.3, 0.4) is 0 Å². The van der Waals surface area contributed by atoms with Crippen molar-refractivity contribution in [2.75, 3.05) is 19.6 Å². The number of aliphatic hydroxyl groups is 1. The number of piperidine rings is 1. The monoisotopic (exact) mass is 181 g/mol. The van der Waals surface area contributed by atoms with Crippen LogP contribution in [0, 0.1) is 0 Å². The quantitative estimate of drug-likeness (QED) is 0.668. The molecule has 1 N–H and O–H groups in total. The Morgan fingerprint density at radius 1 is 1.31 bits per heavy atom. The Balaban J connectivity index is 2.15. The van der Waals surface area contributed by atoms with Gasteiger partial charge in [-0.3, -0.25) is 4.90 Å². The Morgan fingerprint density at radius 2 is 2.00 bits per heavy atom. The molecule has 1 saturated heterocycles. The second-order valence-corrected chi connectivity index (χ2v) is 3.49. The summed E-state index contributed by atoms with van der Waals surface area (Å²) in [6.45, 7) is 5.08. The Morgan fingerprint density at radius 3 is 2.62 bits per heavy atom. The summed E-state index contributed by atoms with van der Waals surface area (Å²) in [6.07, 6.45) is 10.1. The van der Waals surface area contributed by atoms with E-state index in [-0.39, 0.29) is 6.10 Å². The van der Waals surface area contributed by atoms with Crippen molar-refractivity contribution in [2.45, 2.75) is 25.9 Å². The average molecular weight is 181 g/mol. The van der Waals surface area contributed by atoms with Crippen LogP contribution in [0.15, 0.2) is 24.3 Å². The van der Waals surface area contributed by atoms with Crippen molar-refractivity contribution in [3.05, 3.63) is 24.3 Å². The van der Waals surface area contributed by atoms with Crippen molar-refractivity contribution < 1.29 is 5.11 Å². The van der Waals surface area contributed by atoms with E-state index < -0.39 is 0 Å². The standard InChI is InChI=1S/C11H19NO/c1-2-3-4-5-8-12-9-6-11(13)7-10-12/h2-5,11,13H,6-10H2,1H3/b3-2+,5-4+. The van der Waals surface area contributed by atoms with Gasteiger partial charge >= 0.3 is 0 Å². The van der Waals surface area contributed by atoms with E-state index in [2.05, 4.69) is 17.1 Å². The smallest absolute Gasteiger partial charge is 0.0564 e. The molecule has 1 heterocycles. The second kappa shape index (κ2) is 5.95. The lowest BCUT2D eigenvalue weighted by atomic mass is 10.1. The maximum absolute atomic E-state index is 9.28. The zero-order chi connectivity index (χ0) is 9.52. The van der Waals surface area contributed by atoms with Crippen LogP contribution < -0.4 is 0 Å². The van der Waals surface area contributed by atoms with E-state index in [4.69, 9.17) is 0 Å². The Hall–Kier alpha value is -0.600. The topological polar surface area (TPSA) is 23.5 Å². The summed E-state index contributed by atoms with van der Waals surface area (Å²) in [5.74, 6) is 0. The highest BCUT2D eigenvalue weighted by atomic mass is 16.3. The Labute approximate surface area is 80.6 Å². The molecule has 0 amide bonds. The van der Waals surface area contributed by atoms with Crippen molar-refractivity contribution >= 4 is 0 Å². The summed E-state index contributed by atoms with van der Waals surface area (Å²) >= 11 is 0. The van der Waals surface area contributed by atoms with Crippen molar-refractivity contribution in [3.63, 3.8) is 0 Å². The minimum Gasteiger partial charge on any atom is -0.393 e. The van der Waals surface area contributed by atoms with Gasteiger partial charge in [-0.1, -0.05) is 24.3 Å². The van der Waals surface area contributed by atoms with Gasteiger partial charge in [-0.25, -0.2) is 0 Å². The third-order valence-corrected chi connectivity index (χ3v) is 2.36. The van der Waals surface area contributed by atoms with Gasteiger partial charge in [0.25, 0.3) is 0 Å². The first kappa shape index (κ1) is 10.5. The molecule has 13 heavy (non-hydrogen) atoms. The van der Waals surface area contributed by atoms with Gasteiger partial charge in [-0.2, -0.15) is 0 Å². The van der Waals surface area contributed by atoms with Crippen LogP contribution in [0.1, 0.15) is 19.8 Å². The van der Waals surface area contributed by atoms with Crippen LogP contribution in [0.25, 0.3) is 0 Å². The van der Waals surface area contributed by atoms with Gasteiger partial charge in [0.15, 0.2) is 0 Å². The van der Waals surface area contributed by atoms with Gasteiger partial charge < -0.3 is 5.11 Å². The summed E-state index contributed by atoms with van der Waals surface area (Å²) < 4.78 is 0. The molecule has 0 aromatic carbocycles. The van der Waals surface area contributed by atoms with Crippen LogP contribution in [-0.2, 0) is 0 Å². The Bertz CT molecular complexity index is 179. The predicted molar refractivity (Wildman–Crippen MR) is 55.6 cm³/mol. The second-order valence-electron chi connectivity index (χ2n) is 3.49. The third kappa shape index (κ3) is 4.25. The minimum absolute atomic E-state index is 0.0595. The van der Waals surface area contributed by atoms with Crippen molar-refractivity contribution in [3.8, 4) is 0 Å². The fourth-order valence-corrected chi connectivity index (χ4v) is 1.50. The number of nitrogens with zero attached hydrogens (tertiary/aromatic N) is 1. The molecule has 1 aliphatic rings. The van der Waals surface area contributed by atoms with E-state index in [1.165, 1.54) is 0 Å². The number of rotatable bonds is 3. The summed E-state index contributed by atoms with van der Waals surface area (Å²) in [4.78, 5) is 2.37. The lowest BCUT2D eigenvalue weighted by Gasteiger charge is -2.28. The largest absolute Gasteiger partial charge is 0.393 e. The van der Waals surface area contributed by atoms with Crippen LogP contribution in [0.4, 0.5) is 0 Å². The van der Waals surface area contributed by atoms with E-state index in [1.54, 1.807) is 0 Å². The zero-order valence-electron chi connectivity index (χ0n) is 8.32. The lowest BCUT2D eigenvalue weighted by molar-refractivity contribution is 0.0880. The number of hydrogen-bond donors (Lipinski definition) is 1. The zero-order valence-corrected chi connectivity index (χ0v) is 8.32. The third-order valence-electron chi connectivity index (χ3n) is 2.36. The minimum atomic E-state index is -0.0595. The number of hydrogen-bond acceptors (Lipinski definition) is 2. The molecular weight excluding hydrogens is 162 g/mol. The molecule has 0 unspecified atom stereocenters. The Kier molecular flexibility index (Phi) is 4.79. The fraction of sp³-hybridized carbons (Fsp3) is 0.636. The van der Waals surface area contributed by atoms with E-state index in [1.807, 2.05) is 19.1 Å². The first-order chi connectivity index (χ1) is 6.33. The maximum atomic E-state index is 9.28. The van der Waals surface area contributed by atoms with Crippen LogP contribution in [0.5, 0.6) is 0 Å². The normalized spacial score (nSPS) is 22.0. The summed E-state index contributed by atoms with van der Waals surface area (Å²) in [5, 5.41) is 9.28. The summed E-state index contributed by atoms with van der Waals surface area (Å²) in [7, 11) is 0. The van der Waals surface area contributed by atoms with Gasteiger partial charge in [-0.05, 0) is 19.8 Å². The molecule has 1 rings (SSSR count). The molecule has 2 heteroatoms. The molecule has 1 fully saturated rings. The van der Waals surface area contributed by atoms with Gasteiger partial charge in [-0.15, -0.1) is 0 Å². The van der Waals surface area contributed by atoms with Crippen molar-refractivity contribution in [1.29, 1.82) is 0 Å². The van der Waals surface area contributed by atoms with E-state index >= 15 is 0 Å². The molecule has 0 aromatic heterocycles. The predicted octanol–water partition coefficient (Wildman–Crippen LogP) is 1.58. The van der Waals surface area contributed by atoms with Crippen molar-refractivity contribution in [2.24, 2.45) is 0 Å². The molecule has 0 radical (unpaired) electrons. The van der Waals surface area contributed by atoms with E-state index in [0.29, 0.717) is 0 Å². The lowest BCUT2D eigenvalue weighted by Crippen LogP contribution is -2.35. The summed E-state index contributed by atoms with van der Waals surface area (Å²) in [6, 6.07) is 0. The molecule has 1 aliphatic heterocycles. The molecule has 0 spiro atoms. The van der Waals surface area contributed by atoms with Gasteiger partial charge in [0.05, 0.1) is 6.10 Å². The first-order valence-corrected chi connectivity index (χ1v) is 5.01. The number of allylic oxidation sites excluding steroid dienone is 3. The van der Waals surface area contributed by atoms with Crippen LogP contribution >= 0.6 is 0 Å². The van der Waals surface area contributed by atoms with E-state index in [0.717, 1.165) is 32.5 Å². The molecule has 2 nitrogen and oxygen atoms in total. The SMILES string of the molecule is C/C=C/C=C/CN1CCC(O)CC1. The highest BCUT2D eigenvalue weighted by molar-refractivity contribution is 5.02. The van der Waals surface area contributed by atoms with Gasteiger partial charge in [0.2, 0.25) is 0 Å².